The molecule has 8 heteroatoms. The Kier molecular flexibility index (Phi) is 10.0. The highest BCUT2D eigenvalue weighted by molar-refractivity contribution is 7.44. The van der Waals surface area contributed by atoms with E-state index in [0.29, 0.717) is 0 Å². The average molecular weight is 495 g/mol. The number of rotatable bonds is 13. The maximum Gasteiger partial charge on any atom is 0.253 e. The molecular weight excluding hydrogens is 463 g/mol. The zero-order valence-electron chi connectivity index (χ0n) is 20.2. The van der Waals surface area contributed by atoms with E-state index in [1.165, 1.54) is 0 Å². The van der Waals surface area contributed by atoms with E-state index < -0.39 is 14.1 Å². The summed E-state index contributed by atoms with van der Waals surface area (Å²) in [5, 5.41) is 8.69. The zero-order chi connectivity index (χ0) is 25.1. The van der Waals surface area contributed by atoms with E-state index in [-0.39, 0.29) is 25.7 Å². The van der Waals surface area contributed by atoms with Gasteiger partial charge < -0.3 is 23.3 Å². The second kappa shape index (κ2) is 13.2. The Hall–Kier alpha value is -2.98. The van der Waals surface area contributed by atoms with Gasteiger partial charge in [0.2, 0.25) is 0 Å². The van der Waals surface area contributed by atoms with Crippen LogP contribution < -0.4 is 15.0 Å². The predicted molar refractivity (Wildman–Crippen MR) is 136 cm³/mol. The molecule has 0 fully saturated rings. The summed E-state index contributed by atoms with van der Waals surface area (Å²) in [5.74, 6) is 1.51. The number of benzene rings is 3. The highest BCUT2D eigenvalue weighted by Crippen LogP contribution is 2.42. The molecule has 7 nitrogen and oxygen atoms in total. The molecule has 2 atom stereocenters. The van der Waals surface area contributed by atoms with Crippen molar-refractivity contribution < 1.29 is 23.3 Å². The van der Waals surface area contributed by atoms with Gasteiger partial charge in [0, 0.05) is 0 Å². The molecule has 35 heavy (non-hydrogen) atoms. The first-order valence-electron chi connectivity index (χ1n) is 11.2. The van der Waals surface area contributed by atoms with Gasteiger partial charge in [0.25, 0.3) is 8.53 Å². The Bertz CT molecular complexity index is 1020. The summed E-state index contributed by atoms with van der Waals surface area (Å²) in [7, 11) is 1.66. The van der Waals surface area contributed by atoms with E-state index in [0.717, 1.165) is 28.2 Å². The summed E-state index contributed by atoms with van der Waals surface area (Å²) in [6, 6.07) is 27.7. The molecule has 3 rings (SSSR count). The monoisotopic (exact) mass is 494 g/mol. The molecule has 2 N–H and O–H groups in total. The molecule has 0 aromatic heterocycles. The summed E-state index contributed by atoms with van der Waals surface area (Å²) >= 11 is 0. The van der Waals surface area contributed by atoms with Gasteiger partial charge in [-0.1, -0.05) is 54.6 Å². The molecule has 0 bridgehead atoms. The second-order valence-corrected chi connectivity index (χ2v) is 8.80. The molecule has 184 valence electrons. The molecule has 2 unspecified atom stereocenters. The van der Waals surface area contributed by atoms with Gasteiger partial charge in [-0.05, 0) is 47.9 Å². The molecular formula is C27H31N2O5P. The van der Waals surface area contributed by atoms with E-state index in [2.05, 4.69) is 0 Å². The molecule has 0 saturated carbocycles. The maximum atomic E-state index is 8.69. The number of nitrogens with two attached hydrogens (primary N) is 1. The van der Waals surface area contributed by atoms with Crippen molar-refractivity contribution >= 4 is 8.53 Å². The fourth-order valence-electron chi connectivity index (χ4n) is 3.74. The molecule has 0 aliphatic carbocycles. The van der Waals surface area contributed by atoms with E-state index in [1.54, 1.807) is 14.2 Å². The van der Waals surface area contributed by atoms with Gasteiger partial charge in [-0.25, -0.2) is 0 Å². The number of hydrogen-bond acceptors (Lipinski definition) is 7. The van der Waals surface area contributed by atoms with Gasteiger partial charge in [-0.2, -0.15) is 5.26 Å². The fraction of sp³-hybridized carbons (Fsp3) is 0.296. The van der Waals surface area contributed by atoms with Crippen LogP contribution in [0, 0.1) is 11.3 Å². The van der Waals surface area contributed by atoms with Crippen LogP contribution in [0.15, 0.2) is 78.9 Å². The first kappa shape index (κ1) is 26.6. The van der Waals surface area contributed by atoms with Crippen molar-refractivity contribution in [2.24, 2.45) is 5.50 Å². The lowest BCUT2D eigenvalue weighted by molar-refractivity contribution is -0.0262. The minimum Gasteiger partial charge on any atom is -0.497 e. The van der Waals surface area contributed by atoms with Gasteiger partial charge in [0.15, 0.2) is 0 Å². The van der Waals surface area contributed by atoms with Crippen LogP contribution in [0.4, 0.5) is 0 Å². The smallest absolute Gasteiger partial charge is 0.253 e. The number of nitrogens with zero attached hydrogens (tertiary/aromatic N) is 1. The number of hydrogen-bond donors (Lipinski definition) is 1. The number of ether oxygens (including phenoxy) is 3. The normalized spacial score (nSPS) is 13.0. The Morgan fingerprint density at radius 3 is 1.86 bits per heavy atom. The molecule has 0 aliphatic rings. The van der Waals surface area contributed by atoms with E-state index in [4.69, 9.17) is 34.0 Å². The van der Waals surface area contributed by atoms with Crippen LogP contribution in [0.25, 0.3) is 0 Å². The van der Waals surface area contributed by atoms with E-state index in [9.17, 15) is 0 Å². The minimum atomic E-state index is -1.62. The molecule has 0 saturated heterocycles. The van der Waals surface area contributed by atoms with Crippen LogP contribution >= 0.6 is 8.53 Å². The molecule has 3 aromatic carbocycles. The zero-order valence-corrected chi connectivity index (χ0v) is 21.1. The highest BCUT2D eigenvalue weighted by Gasteiger charge is 2.38. The largest absolute Gasteiger partial charge is 0.497 e. The topological polar surface area (TPSA) is 96.0 Å². The Morgan fingerprint density at radius 2 is 1.37 bits per heavy atom. The van der Waals surface area contributed by atoms with Crippen molar-refractivity contribution in [2.45, 2.75) is 25.0 Å². The number of methoxy groups -OCH3 is 2. The lowest BCUT2D eigenvalue weighted by Gasteiger charge is -2.37. The lowest BCUT2D eigenvalue weighted by Crippen LogP contribution is -2.35. The third kappa shape index (κ3) is 6.79. The summed E-state index contributed by atoms with van der Waals surface area (Å²) in [4.78, 5) is 0. The molecule has 3 aromatic rings. The van der Waals surface area contributed by atoms with Crippen LogP contribution in [0.1, 0.15) is 30.0 Å². The van der Waals surface area contributed by atoms with Gasteiger partial charge >= 0.3 is 0 Å². The Labute approximate surface area is 208 Å². The fourth-order valence-corrected chi connectivity index (χ4v) is 4.48. The first-order chi connectivity index (χ1) is 17.0. The van der Waals surface area contributed by atoms with Crippen LogP contribution in [-0.2, 0) is 19.4 Å². The van der Waals surface area contributed by atoms with Crippen molar-refractivity contribution in [3.63, 3.8) is 0 Å². The van der Waals surface area contributed by atoms with Crippen molar-refractivity contribution in [3.05, 3.63) is 95.6 Å². The van der Waals surface area contributed by atoms with Crippen molar-refractivity contribution in [3.8, 4) is 17.6 Å². The van der Waals surface area contributed by atoms with Crippen LogP contribution in [-0.4, -0.2) is 33.5 Å². The molecule has 0 amide bonds. The average Bonchev–Trinajstić information content (AvgIpc) is 2.90. The number of nitriles is 1. The molecule has 0 heterocycles. The van der Waals surface area contributed by atoms with Crippen molar-refractivity contribution in [1.82, 2.24) is 0 Å². The molecule has 0 aliphatic heterocycles. The van der Waals surface area contributed by atoms with Crippen LogP contribution in [0.3, 0.4) is 0 Å². The maximum absolute atomic E-state index is 8.69. The van der Waals surface area contributed by atoms with Gasteiger partial charge in [0.05, 0.1) is 46.0 Å². The second-order valence-electron chi connectivity index (χ2n) is 7.76. The first-order valence-corrected chi connectivity index (χ1v) is 12.5. The third-order valence-electron chi connectivity index (χ3n) is 5.42. The molecule has 0 spiro atoms. The predicted octanol–water partition coefficient (Wildman–Crippen LogP) is 5.53. The SMILES string of the molecule is COc1ccc(C(OCC(C)OP(N)OCCC#N)(c2ccccc2)c2ccc(OC)cc2)cc1. The molecule has 0 radical (unpaired) electrons. The van der Waals surface area contributed by atoms with Crippen molar-refractivity contribution in [2.75, 3.05) is 27.4 Å². The standard InChI is InChI=1S/C27H31N2O5P/c1-21(34-35(29)33-19-7-18-28)20-32-27(22-8-5-4-6-9-22,23-10-14-25(30-2)15-11-23)24-12-16-26(31-3)17-13-24/h4-6,8-17,21H,7,19-20,29H2,1-3H3. The summed E-state index contributed by atoms with van der Waals surface area (Å²) in [6.07, 6.45) is -0.0937. The quantitative estimate of drug-likeness (QED) is 0.190. The summed E-state index contributed by atoms with van der Waals surface area (Å²) in [5.41, 5.74) is 7.87. The third-order valence-corrected chi connectivity index (χ3v) is 6.43. The van der Waals surface area contributed by atoms with Gasteiger partial charge in [-0.3, -0.25) is 5.50 Å². The van der Waals surface area contributed by atoms with Crippen molar-refractivity contribution in [1.29, 1.82) is 5.26 Å². The van der Waals surface area contributed by atoms with E-state index >= 15 is 0 Å². The summed E-state index contributed by atoms with van der Waals surface area (Å²) < 4.78 is 28.8. The van der Waals surface area contributed by atoms with E-state index in [1.807, 2.05) is 91.9 Å². The Balaban J connectivity index is 1.99. The Morgan fingerprint density at radius 1 is 0.857 bits per heavy atom. The van der Waals surface area contributed by atoms with Crippen LogP contribution in [0.2, 0.25) is 0 Å². The van der Waals surface area contributed by atoms with Crippen LogP contribution in [0.5, 0.6) is 11.5 Å². The lowest BCUT2D eigenvalue weighted by atomic mass is 9.80. The highest BCUT2D eigenvalue weighted by atomic mass is 31.2. The minimum absolute atomic E-state index is 0.234. The summed E-state index contributed by atoms with van der Waals surface area (Å²) in [6.45, 7) is 2.36. The van der Waals surface area contributed by atoms with Gasteiger partial charge in [0.1, 0.15) is 17.1 Å². The van der Waals surface area contributed by atoms with Gasteiger partial charge in [-0.15, -0.1) is 0 Å².